The molecule has 1 aliphatic rings. The zero-order valence-corrected chi connectivity index (χ0v) is 23.7. The second kappa shape index (κ2) is 20.7. The Labute approximate surface area is 217 Å². The summed E-state index contributed by atoms with van der Waals surface area (Å²) in [5, 5.41) is 0.689. The maximum absolute atomic E-state index is 5.72. The predicted molar refractivity (Wildman–Crippen MR) is 154 cm³/mol. The lowest BCUT2D eigenvalue weighted by molar-refractivity contribution is 0.102. The molecule has 1 heterocycles. The van der Waals surface area contributed by atoms with Gasteiger partial charge in [-0.3, -0.25) is 0 Å². The molecule has 0 aromatic heterocycles. The summed E-state index contributed by atoms with van der Waals surface area (Å²) < 4.78 is 5.72. The summed E-state index contributed by atoms with van der Waals surface area (Å²) in [5.41, 5.74) is 3.21. The molecule has 1 aromatic carbocycles. The van der Waals surface area contributed by atoms with Crippen molar-refractivity contribution in [2.75, 3.05) is 12.4 Å². The van der Waals surface area contributed by atoms with Crippen LogP contribution in [0.3, 0.4) is 0 Å². The molecular weight excluding hydrogens is 432 g/mol. The Morgan fingerprint density at radius 3 is 2.00 bits per heavy atom. The van der Waals surface area contributed by atoms with Crippen molar-refractivity contribution in [3.05, 3.63) is 35.4 Å². The molecule has 34 heavy (non-hydrogen) atoms. The van der Waals surface area contributed by atoms with E-state index < -0.39 is 0 Å². The molecule has 1 aliphatic heterocycles. The quantitative estimate of drug-likeness (QED) is 0.150. The molecule has 1 fully saturated rings. The molecule has 0 bridgehead atoms. The second-order valence-electron chi connectivity index (χ2n) is 10.6. The van der Waals surface area contributed by atoms with Crippen LogP contribution in [0.2, 0.25) is 0 Å². The monoisotopic (exact) mass is 488 g/mol. The van der Waals surface area contributed by atoms with Crippen LogP contribution in [0.1, 0.15) is 152 Å². The normalized spacial score (nSPS) is 16.8. The summed E-state index contributed by atoms with van der Waals surface area (Å²) >= 11 is 2.21. The molecule has 0 radical (unpaired) electrons. The SMILES string of the molecule is CCCCc1ccccc1C(CC)SCCCCCCCCCCCCCCCC1CCCO1. The van der Waals surface area contributed by atoms with Gasteiger partial charge >= 0.3 is 0 Å². The first-order valence-corrected chi connectivity index (χ1v) is 16.2. The van der Waals surface area contributed by atoms with Gasteiger partial charge in [0.1, 0.15) is 0 Å². The smallest absolute Gasteiger partial charge is 0.0576 e. The number of aryl methyl sites for hydroxylation is 1. The Kier molecular flexibility index (Phi) is 18.1. The number of benzene rings is 1. The molecule has 1 aromatic rings. The Balaban J connectivity index is 1.36. The lowest BCUT2D eigenvalue weighted by atomic mass is 9.98. The third-order valence-corrected chi connectivity index (χ3v) is 9.10. The maximum atomic E-state index is 5.72. The highest BCUT2D eigenvalue weighted by Gasteiger charge is 2.14. The minimum atomic E-state index is 0.602. The molecule has 0 amide bonds. The van der Waals surface area contributed by atoms with Gasteiger partial charge < -0.3 is 4.74 Å². The number of rotatable bonds is 22. The fourth-order valence-corrected chi connectivity index (χ4v) is 6.69. The third kappa shape index (κ3) is 13.6. The van der Waals surface area contributed by atoms with Crippen molar-refractivity contribution in [3.8, 4) is 0 Å². The Hall–Kier alpha value is -0.470. The molecule has 0 aliphatic carbocycles. The zero-order valence-electron chi connectivity index (χ0n) is 22.8. The average Bonchev–Trinajstić information content (AvgIpc) is 3.39. The van der Waals surface area contributed by atoms with Gasteiger partial charge in [-0.15, -0.1) is 0 Å². The molecule has 1 nitrogen and oxygen atoms in total. The molecule has 0 saturated carbocycles. The van der Waals surface area contributed by atoms with Gasteiger partial charge in [-0.05, 0) is 61.8 Å². The van der Waals surface area contributed by atoms with Crippen LogP contribution >= 0.6 is 11.8 Å². The van der Waals surface area contributed by atoms with E-state index in [0.29, 0.717) is 11.4 Å². The molecular formula is C32H56OS. The summed E-state index contributed by atoms with van der Waals surface area (Å²) in [6.07, 6.45) is 28.3. The molecule has 2 atom stereocenters. The highest BCUT2D eigenvalue weighted by Crippen LogP contribution is 2.35. The standard InChI is InChI=1S/C32H56OS/c1-3-5-22-29-23-18-19-26-31(29)32(4-2)34-28-20-16-14-12-10-8-6-7-9-11-13-15-17-24-30-25-21-27-33-30/h18-19,23,26,30,32H,3-17,20-22,24-25,27-28H2,1-2H3. The largest absolute Gasteiger partial charge is 0.378 e. The highest BCUT2D eigenvalue weighted by atomic mass is 32.2. The van der Waals surface area contributed by atoms with E-state index in [4.69, 9.17) is 4.74 Å². The van der Waals surface area contributed by atoms with Gasteiger partial charge in [-0.2, -0.15) is 11.8 Å². The first kappa shape index (κ1) is 29.8. The van der Waals surface area contributed by atoms with Crippen LogP contribution in [-0.2, 0) is 11.2 Å². The molecule has 1 saturated heterocycles. The number of hydrogen-bond acceptors (Lipinski definition) is 2. The van der Waals surface area contributed by atoms with E-state index in [1.54, 1.807) is 11.1 Å². The summed E-state index contributed by atoms with van der Waals surface area (Å²) in [6.45, 7) is 5.67. The Bertz CT molecular complexity index is 580. The van der Waals surface area contributed by atoms with Crippen LogP contribution in [0.15, 0.2) is 24.3 Å². The van der Waals surface area contributed by atoms with E-state index in [1.165, 1.54) is 134 Å². The summed E-state index contributed by atoms with van der Waals surface area (Å²) in [4.78, 5) is 0. The topological polar surface area (TPSA) is 9.23 Å². The molecule has 0 spiro atoms. The van der Waals surface area contributed by atoms with Gasteiger partial charge in [0.15, 0.2) is 0 Å². The average molecular weight is 489 g/mol. The van der Waals surface area contributed by atoms with Gasteiger partial charge in [0, 0.05) is 11.9 Å². The van der Waals surface area contributed by atoms with Gasteiger partial charge in [0.05, 0.1) is 6.10 Å². The van der Waals surface area contributed by atoms with Crippen molar-refractivity contribution in [2.45, 2.75) is 154 Å². The van der Waals surface area contributed by atoms with Gasteiger partial charge in [0.2, 0.25) is 0 Å². The number of unbranched alkanes of at least 4 members (excludes halogenated alkanes) is 13. The van der Waals surface area contributed by atoms with E-state index in [-0.39, 0.29) is 0 Å². The molecule has 2 unspecified atom stereocenters. The van der Waals surface area contributed by atoms with E-state index >= 15 is 0 Å². The van der Waals surface area contributed by atoms with Crippen LogP contribution < -0.4 is 0 Å². The van der Waals surface area contributed by atoms with Crippen molar-refractivity contribution in [1.82, 2.24) is 0 Å². The number of ether oxygens (including phenoxy) is 1. The Morgan fingerprint density at radius 2 is 1.41 bits per heavy atom. The zero-order chi connectivity index (χ0) is 24.1. The Morgan fingerprint density at radius 1 is 0.794 bits per heavy atom. The summed E-state index contributed by atoms with van der Waals surface area (Å²) in [7, 11) is 0. The van der Waals surface area contributed by atoms with Crippen molar-refractivity contribution in [2.24, 2.45) is 0 Å². The minimum Gasteiger partial charge on any atom is -0.378 e. The van der Waals surface area contributed by atoms with Crippen molar-refractivity contribution in [1.29, 1.82) is 0 Å². The van der Waals surface area contributed by atoms with Crippen molar-refractivity contribution in [3.63, 3.8) is 0 Å². The van der Waals surface area contributed by atoms with Crippen molar-refractivity contribution < 1.29 is 4.74 Å². The lowest BCUT2D eigenvalue weighted by Gasteiger charge is -2.19. The van der Waals surface area contributed by atoms with E-state index in [0.717, 1.165) is 6.61 Å². The van der Waals surface area contributed by atoms with Crippen LogP contribution in [0, 0.1) is 0 Å². The number of thioether (sulfide) groups is 1. The van der Waals surface area contributed by atoms with Crippen LogP contribution in [0.5, 0.6) is 0 Å². The molecule has 196 valence electrons. The molecule has 2 rings (SSSR count). The maximum Gasteiger partial charge on any atom is 0.0576 e. The second-order valence-corrected chi connectivity index (χ2v) is 11.9. The van der Waals surface area contributed by atoms with Crippen molar-refractivity contribution >= 4 is 11.8 Å². The minimum absolute atomic E-state index is 0.602. The summed E-state index contributed by atoms with van der Waals surface area (Å²) in [5.74, 6) is 1.33. The fourth-order valence-electron chi connectivity index (χ4n) is 5.39. The fraction of sp³-hybridized carbons (Fsp3) is 0.812. The first-order chi connectivity index (χ1) is 16.8. The number of hydrogen-bond donors (Lipinski definition) is 0. The van der Waals surface area contributed by atoms with Crippen LogP contribution in [0.25, 0.3) is 0 Å². The van der Waals surface area contributed by atoms with E-state index in [1.807, 2.05) is 0 Å². The van der Waals surface area contributed by atoms with Gasteiger partial charge in [-0.25, -0.2) is 0 Å². The van der Waals surface area contributed by atoms with Crippen LogP contribution in [-0.4, -0.2) is 18.5 Å². The molecule has 2 heteroatoms. The molecule has 0 N–H and O–H groups in total. The predicted octanol–water partition coefficient (Wildman–Crippen LogP) is 10.9. The summed E-state index contributed by atoms with van der Waals surface area (Å²) in [6, 6.07) is 9.21. The van der Waals surface area contributed by atoms with Crippen LogP contribution in [0.4, 0.5) is 0 Å². The van der Waals surface area contributed by atoms with Gasteiger partial charge in [0.25, 0.3) is 0 Å². The lowest BCUT2D eigenvalue weighted by Crippen LogP contribution is -2.03. The highest BCUT2D eigenvalue weighted by molar-refractivity contribution is 7.99. The first-order valence-electron chi connectivity index (χ1n) is 15.2. The third-order valence-electron chi connectivity index (χ3n) is 7.59. The van der Waals surface area contributed by atoms with E-state index in [9.17, 15) is 0 Å². The van der Waals surface area contributed by atoms with E-state index in [2.05, 4.69) is 49.9 Å². The van der Waals surface area contributed by atoms with Gasteiger partial charge in [-0.1, -0.05) is 122 Å².